The smallest absolute Gasteiger partial charge is 0.0707 e. The number of hydrogen-bond acceptors (Lipinski definition) is 2. The van der Waals surface area contributed by atoms with Crippen LogP contribution in [0.4, 0.5) is 0 Å². The summed E-state index contributed by atoms with van der Waals surface area (Å²) in [5.74, 6) is 4.19. The second-order valence-electron chi connectivity index (χ2n) is 12.3. The van der Waals surface area contributed by atoms with E-state index in [9.17, 15) is 5.11 Å². The zero-order chi connectivity index (χ0) is 20.4. The third-order valence-electron chi connectivity index (χ3n) is 10.9. The van der Waals surface area contributed by atoms with Crippen molar-refractivity contribution in [1.82, 2.24) is 0 Å². The molecule has 0 bridgehead atoms. The number of ether oxygens (including phenoxy) is 1. The quantitative estimate of drug-likeness (QED) is 0.532. The maximum Gasteiger partial charge on any atom is 0.0707 e. The average molecular weight is 401 g/mol. The SMILES string of the molecule is CC(C)C1(OCCC2CCC3C4CC=C5C[C@@H](O)CCC5(C)C4CCC23C)CC1. The van der Waals surface area contributed by atoms with Gasteiger partial charge in [-0.25, -0.2) is 0 Å². The van der Waals surface area contributed by atoms with Crippen molar-refractivity contribution in [1.29, 1.82) is 0 Å². The van der Waals surface area contributed by atoms with Crippen molar-refractivity contribution in [3.63, 3.8) is 0 Å². The van der Waals surface area contributed by atoms with Crippen molar-refractivity contribution in [3.8, 4) is 0 Å². The molecule has 0 amide bonds. The Bertz CT molecular complexity index is 661. The topological polar surface area (TPSA) is 29.5 Å². The molecule has 2 nitrogen and oxygen atoms in total. The third-order valence-corrected chi connectivity index (χ3v) is 10.9. The highest BCUT2D eigenvalue weighted by molar-refractivity contribution is 5.25. The molecular formula is C27H44O2. The maximum atomic E-state index is 10.2. The monoisotopic (exact) mass is 400 g/mol. The minimum atomic E-state index is -0.0869. The summed E-state index contributed by atoms with van der Waals surface area (Å²) in [4.78, 5) is 0. The number of aliphatic hydroxyl groups excluding tert-OH is 1. The minimum absolute atomic E-state index is 0.0869. The minimum Gasteiger partial charge on any atom is -0.393 e. The molecule has 0 aromatic rings. The fraction of sp³-hybridized carbons (Fsp3) is 0.926. The normalized spacial score (nSPS) is 47.9. The zero-order valence-corrected chi connectivity index (χ0v) is 19.4. The van der Waals surface area contributed by atoms with Crippen LogP contribution >= 0.6 is 0 Å². The first kappa shape index (κ1) is 20.6. The van der Waals surface area contributed by atoms with E-state index in [2.05, 4.69) is 33.8 Å². The van der Waals surface area contributed by atoms with Crippen LogP contribution in [0.15, 0.2) is 11.6 Å². The lowest BCUT2D eigenvalue weighted by Gasteiger charge is -2.58. The van der Waals surface area contributed by atoms with E-state index in [1.54, 1.807) is 5.57 Å². The molecule has 6 unspecified atom stereocenters. The van der Waals surface area contributed by atoms with Gasteiger partial charge in [0.1, 0.15) is 0 Å². The van der Waals surface area contributed by atoms with E-state index in [1.165, 1.54) is 57.8 Å². The van der Waals surface area contributed by atoms with Crippen LogP contribution in [0.25, 0.3) is 0 Å². The molecule has 4 saturated carbocycles. The highest BCUT2D eigenvalue weighted by Crippen LogP contribution is 2.66. The number of rotatable bonds is 5. The molecule has 1 N–H and O–H groups in total. The van der Waals surface area contributed by atoms with E-state index in [0.29, 0.717) is 16.7 Å². The summed E-state index contributed by atoms with van der Waals surface area (Å²) in [6, 6.07) is 0. The van der Waals surface area contributed by atoms with Crippen LogP contribution in [0.5, 0.6) is 0 Å². The average Bonchev–Trinajstić information content (AvgIpc) is 3.40. The van der Waals surface area contributed by atoms with Crippen molar-refractivity contribution in [2.45, 2.75) is 110 Å². The predicted molar refractivity (Wildman–Crippen MR) is 119 cm³/mol. The van der Waals surface area contributed by atoms with Crippen LogP contribution in [0.3, 0.4) is 0 Å². The molecule has 7 atom stereocenters. The molecule has 0 aliphatic heterocycles. The van der Waals surface area contributed by atoms with Crippen molar-refractivity contribution < 1.29 is 9.84 Å². The van der Waals surface area contributed by atoms with E-state index < -0.39 is 0 Å². The van der Waals surface area contributed by atoms with Crippen LogP contribution in [0.2, 0.25) is 0 Å². The van der Waals surface area contributed by atoms with Crippen LogP contribution in [0, 0.1) is 40.4 Å². The van der Waals surface area contributed by atoms with Crippen molar-refractivity contribution in [3.05, 3.63) is 11.6 Å². The summed E-state index contributed by atoms with van der Waals surface area (Å²) in [7, 11) is 0. The van der Waals surface area contributed by atoms with Gasteiger partial charge in [0.2, 0.25) is 0 Å². The number of hydrogen-bond donors (Lipinski definition) is 1. The Kier molecular flexibility index (Phi) is 5.03. The van der Waals surface area contributed by atoms with Gasteiger partial charge in [-0.15, -0.1) is 0 Å². The molecule has 0 saturated heterocycles. The van der Waals surface area contributed by atoms with Gasteiger partial charge in [0.05, 0.1) is 11.7 Å². The molecular weight excluding hydrogens is 356 g/mol. The summed E-state index contributed by atoms with van der Waals surface area (Å²) in [6.07, 6.45) is 16.5. The molecule has 0 aromatic carbocycles. The Morgan fingerprint density at radius 3 is 2.55 bits per heavy atom. The molecule has 5 aliphatic rings. The highest BCUT2D eigenvalue weighted by atomic mass is 16.5. The van der Waals surface area contributed by atoms with Gasteiger partial charge in [-0.05, 0) is 111 Å². The second-order valence-corrected chi connectivity index (χ2v) is 12.3. The van der Waals surface area contributed by atoms with Gasteiger partial charge in [0.15, 0.2) is 0 Å². The molecule has 0 aromatic heterocycles. The molecule has 0 heterocycles. The second kappa shape index (κ2) is 7.09. The molecule has 4 fully saturated rings. The lowest BCUT2D eigenvalue weighted by molar-refractivity contribution is -0.0596. The third kappa shape index (κ3) is 3.18. The molecule has 164 valence electrons. The molecule has 2 heteroatoms. The Labute approximate surface area is 178 Å². The Morgan fingerprint density at radius 2 is 1.83 bits per heavy atom. The van der Waals surface area contributed by atoms with Gasteiger partial charge in [-0.3, -0.25) is 0 Å². The van der Waals surface area contributed by atoms with E-state index >= 15 is 0 Å². The van der Waals surface area contributed by atoms with E-state index in [0.717, 1.165) is 43.1 Å². The fourth-order valence-electron chi connectivity index (χ4n) is 8.64. The number of aliphatic hydroxyl groups is 1. The van der Waals surface area contributed by atoms with Gasteiger partial charge in [-0.1, -0.05) is 39.3 Å². The molecule has 5 rings (SSSR count). The van der Waals surface area contributed by atoms with Crippen molar-refractivity contribution >= 4 is 0 Å². The summed E-state index contributed by atoms with van der Waals surface area (Å²) < 4.78 is 6.46. The lowest BCUT2D eigenvalue weighted by atomic mass is 9.47. The fourth-order valence-corrected chi connectivity index (χ4v) is 8.64. The molecule has 5 aliphatic carbocycles. The predicted octanol–water partition coefficient (Wildman–Crippen LogP) is 6.52. The van der Waals surface area contributed by atoms with Gasteiger partial charge in [0.25, 0.3) is 0 Å². The molecule has 0 radical (unpaired) electrons. The summed E-state index contributed by atoms with van der Waals surface area (Å²) in [6.45, 7) is 10.8. The first-order valence-electron chi connectivity index (χ1n) is 12.8. The van der Waals surface area contributed by atoms with E-state index in [1.807, 2.05) is 0 Å². The van der Waals surface area contributed by atoms with Crippen LogP contribution < -0.4 is 0 Å². The van der Waals surface area contributed by atoms with E-state index in [4.69, 9.17) is 4.74 Å². The van der Waals surface area contributed by atoms with Crippen molar-refractivity contribution in [2.24, 2.45) is 40.4 Å². The first-order chi connectivity index (χ1) is 13.8. The summed E-state index contributed by atoms with van der Waals surface area (Å²) in [5.41, 5.74) is 2.75. The van der Waals surface area contributed by atoms with Crippen LogP contribution in [0.1, 0.15) is 98.3 Å². The van der Waals surface area contributed by atoms with Gasteiger partial charge < -0.3 is 9.84 Å². The number of allylic oxidation sites excluding steroid dienone is 1. The van der Waals surface area contributed by atoms with Crippen LogP contribution in [-0.2, 0) is 4.74 Å². The lowest BCUT2D eigenvalue weighted by Crippen LogP contribution is -2.50. The van der Waals surface area contributed by atoms with Crippen LogP contribution in [-0.4, -0.2) is 23.4 Å². The molecule has 0 spiro atoms. The molecule has 29 heavy (non-hydrogen) atoms. The van der Waals surface area contributed by atoms with Crippen molar-refractivity contribution in [2.75, 3.05) is 6.61 Å². The highest BCUT2D eigenvalue weighted by Gasteiger charge is 2.58. The summed E-state index contributed by atoms with van der Waals surface area (Å²) in [5, 5.41) is 10.2. The van der Waals surface area contributed by atoms with Gasteiger partial charge in [0, 0.05) is 6.61 Å². The zero-order valence-electron chi connectivity index (χ0n) is 19.4. The van der Waals surface area contributed by atoms with Gasteiger partial charge >= 0.3 is 0 Å². The van der Waals surface area contributed by atoms with E-state index in [-0.39, 0.29) is 11.7 Å². The van der Waals surface area contributed by atoms with Gasteiger partial charge in [-0.2, -0.15) is 0 Å². The first-order valence-corrected chi connectivity index (χ1v) is 12.8. The number of fused-ring (bicyclic) bond motifs is 5. The Hall–Kier alpha value is -0.340. The summed E-state index contributed by atoms with van der Waals surface area (Å²) >= 11 is 0. The maximum absolute atomic E-state index is 10.2. The Balaban J connectivity index is 1.27. The Morgan fingerprint density at radius 1 is 1.03 bits per heavy atom. The standard InChI is InChI=1S/C27H44O2/c1-18(2)27(14-15-27)29-16-11-19-6-8-23-22-7-5-20-17-21(28)9-12-26(20,4)24(22)10-13-25(19,23)3/h5,18-19,21-24,28H,6-17H2,1-4H3/t19?,21-,22?,23?,24?,25?,26?/m0/s1. The largest absolute Gasteiger partial charge is 0.393 e.